The van der Waals surface area contributed by atoms with Gasteiger partial charge >= 0.3 is 0 Å². The molecule has 0 saturated heterocycles. The molecule has 2 aromatic carbocycles. The lowest BCUT2D eigenvalue weighted by atomic mass is 10.0. The van der Waals surface area contributed by atoms with Crippen molar-refractivity contribution in [2.24, 2.45) is 4.99 Å². The van der Waals surface area contributed by atoms with Crippen LogP contribution in [0.15, 0.2) is 41.4 Å². The van der Waals surface area contributed by atoms with E-state index in [0.717, 1.165) is 34.5 Å². The van der Waals surface area contributed by atoms with Crippen LogP contribution in [0.1, 0.15) is 39.5 Å². The van der Waals surface area contributed by atoms with Gasteiger partial charge in [-0.25, -0.2) is 4.99 Å². The third kappa shape index (κ3) is 4.94. The molecule has 0 bridgehead atoms. The average Bonchev–Trinajstić information content (AvgIpc) is 2.61. The molecule has 138 valence electrons. The Bertz CT molecular complexity index is 811. The van der Waals surface area contributed by atoms with Crippen LogP contribution in [0, 0.1) is 20.8 Å². The molecule has 0 radical (unpaired) electrons. The molecule has 2 rings (SSSR count). The van der Waals surface area contributed by atoms with Crippen molar-refractivity contribution >= 4 is 17.9 Å². The van der Waals surface area contributed by atoms with E-state index in [-0.39, 0.29) is 5.91 Å². The molecule has 0 aliphatic rings. The van der Waals surface area contributed by atoms with Crippen molar-refractivity contribution in [1.82, 2.24) is 9.80 Å². The summed E-state index contributed by atoms with van der Waals surface area (Å²) in [5.41, 5.74) is 5.93. The summed E-state index contributed by atoms with van der Waals surface area (Å²) in [6.45, 7) is 9.61. The van der Waals surface area contributed by atoms with Gasteiger partial charge in [-0.2, -0.15) is 0 Å². The summed E-state index contributed by atoms with van der Waals surface area (Å²) in [7, 11) is 3.84. The molecular formula is C22H29N3O. The summed E-state index contributed by atoms with van der Waals surface area (Å²) < 4.78 is 0. The minimum Gasteiger partial charge on any atom is -0.366 e. The van der Waals surface area contributed by atoms with Crippen molar-refractivity contribution in [2.75, 3.05) is 20.6 Å². The fourth-order valence-electron chi connectivity index (χ4n) is 2.77. The van der Waals surface area contributed by atoms with Crippen molar-refractivity contribution in [3.05, 3.63) is 64.2 Å². The van der Waals surface area contributed by atoms with Crippen LogP contribution in [0.4, 0.5) is 5.69 Å². The van der Waals surface area contributed by atoms with Gasteiger partial charge in [-0.05, 0) is 56.5 Å². The van der Waals surface area contributed by atoms with Crippen LogP contribution in [-0.2, 0) is 6.54 Å². The van der Waals surface area contributed by atoms with E-state index in [4.69, 9.17) is 0 Å². The number of hydrogen-bond donors (Lipinski definition) is 0. The molecule has 4 nitrogen and oxygen atoms in total. The second kappa shape index (κ2) is 8.65. The Labute approximate surface area is 157 Å². The summed E-state index contributed by atoms with van der Waals surface area (Å²) >= 11 is 0. The molecule has 0 heterocycles. The van der Waals surface area contributed by atoms with E-state index < -0.39 is 0 Å². The Hall–Kier alpha value is -2.62. The van der Waals surface area contributed by atoms with Crippen LogP contribution in [0.5, 0.6) is 0 Å². The second-order valence-electron chi connectivity index (χ2n) is 6.92. The number of carbonyl (C=O) groups is 1. The SMILES string of the molecule is CCN(C)C=Nc1cc(C)c(C(=O)N(C)Cc2cccc(C)c2)cc1C. The molecule has 26 heavy (non-hydrogen) atoms. The first kappa shape index (κ1) is 19.7. The lowest BCUT2D eigenvalue weighted by molar-refractivity contribution is 0.0784. The molecule has 0 spiro atoms. The Balaban J connectivity index is 2.20. The van der Waals surface area contributed by atoms with Gasteiger partial charge in [-0.1, -0.05) is 29.8 Å². The molecule has 0 atom stereocenters. The number of rotatable bonds is 6. The molecule has 0 aliphatic heterocycles. The zero-order chi connectivity index (χ0) is 19.3. The van der Waals surface area contributed by atoms with Crippen molar-refractivity contribution < 1.29 is 4.79 Å². The number of amides is 1. The molecule has 0 saturated carbocycles. The lowest BCUT2D eigenvalue weighted by Crippen LogP contribution is -2.27. The van der Waals surface area contributed by atoms with Gasteiger partial charge in [-0.15, -0.1) is 0 Å². The highest BCUT2D eigenvalue weighted by Crippen LogP contribution is 2.24. The predicted molar refractivity (Wildman–Crippen MR) is 109 cm³/mol. The van der Waals surface area contributed by atoms with E-state index in [0.29, 0.717) is 6.54 Å². The summed E-state index contributed by atoms with van der Waals surface area (Å²) in [5, 5.41) is 0. The van der Waals surface area contributed by atoms with E-state index in [1.807, 2.05) is 57.4 Å². The number of aliphatic imine (C=N–C) groups is 1. The van der Waals surface area contributed by atoms with Gasteiger partial charge in [0.2, 0.25) is 0 Å². The Kier molecular flexibility index (Phi) is 6.56. The maximum absolute atomic E-state index is 12.9. The second-order valence-corrected chi connectivity index (χ2v) is 6.92. The topological polar surface area (TPSA) is 35.9 Å². The monoisotopic (exact) mass is 351 g/mol. The first-order chi connectivity index (χ1) is 12.3. The molecule has 1 amide bonds. The van der Waals surface area contributed by atoms with E-state index in [2.05, 4.69) is 37.0 Å². The Morgan fingerprint density at radius 3 is 2.46 bits per heavy atom. The van der Waals surface area contributed by atoms with Crippen LogP contribution < -0.4 is 0 Å². The first-order valence-electron chi connectivity index (χ1n) is 8.98. The molecular weight excluding hydrogens is 322 g/mol. The van der Waals surface area contributed by atoms with E-state index >= 15 is 0 Å². The molecule has 0 fully saturated rings. The van der Waals surface area contributed by atoms with Gasteiger partial charge in [0, 0.05) is 32.7 Å². The van der Waals surface area contributed by atoms with E-state index in [1.165, 1.54) is 5.56 Å². The van der Waals surface area contributed by atoms with Gasteiger partial charge in [0.15, 0.2) is 0 Å². The standard InChI is InChI=1S/C22H29N3O/c1-7-24(5)15-23-21-13-17(3)20(12-18(21)4)22(26)25(6)14-19-10-8-9-16(2)11-19/h8-13,15H,7,14H2,1-6H3. The number of hydrogen-bond acceptors (Lipinski definition) is 2. The maximum atomic E-state index is 12.9. The minimum absolute atomic E-state index is 0.0355. The van der Waals surface area contributed by atoms with Crippen LogP contribution in [-0.4, -0.2) is 42.7 Å². The zero-order valence-corrected chi connectivity index (χ0v) is 16.7. The largest absolute Gasteiger partial charge is 0.366 e. The van der Waals surface area contributed by atoms with Crippen molar-refractivity contribution in [3.63, 3.8) is 0 Å². The highest BCUT2D eigenvalue weighted by Gasteiger charge is 2.16. The number of benzene rings is 2. The number of carbonyl (C=O) groups excluding carboxylic acids is 1. The molecule has 4 heteroatoms. The fourth-order valence-corrected chi connectivity index (χ4v) is 2.77. The predicted octanol–water partition coefficient (Wildman–Crippen LogP) is 4.50. The fraction of sp³-hybridized carbons (Fsp3) is 0.364. The first-order valence-corrected chi connectivity index (χ1v) is 8.98. The average molecular weight is 351 g/mol. The Morgan fingerprint density at radius 1 is 1.08 bits per heavy atom. The van der Waals surface area contributed by atoms with Crippen molar-refractivity contribution in [3.8, 4) is 0 Å². The molecule has 0 N–H and O–H groups in total. The van der Waals surface area contributed by atoms with Crippen LogP contribution in [0.2, 0.25) is 0 Å². The summed E-state index contributed by atoms with van der Waals surface area (Å²) in [5.74, 6) is 0.0355. The van der Waals surface area contributed by atoms with Crippen LogP contribution >= 0.6 is 0 Å². The maximum Gasteiger partial charge on any atom is 0.254 e. The highest BCUT2D eigenvalue weighted by atomic mass is 16.2. The quantitative estimate of drug-likeness (QED) is 0.568. The van der Waals surface area contributed by atoms with Gasteiger partial charge < -0.3 is 9.80 Å². The summed E-state index contributed by atoms with van der Waals surface area (Å²) in [6.07, 6.45) is 1.83. The lowest BCUT2D eigenvalue weighted by Gasteiger charge is -2.19. The Morgan fingerprint density at radius 2 is 1.81 bits per heavy atom. The molecule has 0 unspecified atom stereocenters. The van der Waals surface area contributed by atoms with E-state index in [9.17, 15) is 4.79 Å². The number of nitrogens with zero attached hydrogens (tertiary/aromatic N) is 3. The third-order valence-corrected chi connectivity index (χ3v) is 4.52. The molecule has 0 aliphatic carbocycles. The number of aryl methyl sites for hydroxylation is 3. The molecule has 0 aromatic heterocycles. The van der Waals surface area contributed by atoms with Gasteiger partial charge in [0.05, 0.1) is 12.0 Å². The van der Waals surface area contributed by atoms with Crippen LogP contribution in [0.3, 0.4) is 0 Å². The third-order valence-electron chi connectivity index (χ3n) is 4.52. The summed E-state index contributed by atoms with van der Waals surface area (Å²) in [4.78, 5) is 21.2. The smallest absolute Gasteiger partial charge is 0.254 e. The zero-order valence-electron chi connectivity index (χ0n) is 16.7. The highest BCUT2D eigenvalue weighted by molar-refractivity contribution is 5.96. The summed E-state index contributed by atoms with van der Waals surface area (Å²) in [6, 6.07) is 12.2. The van der Waals surface area contributed by atoms with Crippen molar-refractivity contribution in [2.45, 2.75) is 34.2 Å². The van der Waals surface area contributed by atoms with Crippen LogP contribution in [0.25, 0.3) is 0 Å². The normalized spacial score (nSPS) is 11.0. The van der Waals surface area contributed by atoms with Gasteiger partial charge in [0.25, 0.3) is 5.91 Å². The minimum atomic E-state index is 0.0355. The molecule has 2 aromatic rings. The van der Waals surface area contributed by atoms with Gasteiger partial charge in [-0.3, -0.25) is 4.79 Å². The van der Waals surface area contributed by atoms with E-state index in [1.54, 1.807) is 4.90 Å². The van der Waals surface area contributed by atoms with Gasteiger partial charge in [0.1, 0.15) is 0 Å². The van der Waals surface area contributed by atoms with Crippen molar-refractivity contribution in [1.29, 1.82) is 0 Å².